The monoisotopic (exact) mass is 280 g/mol. The number of nitrogens with two attached hydrogens (primary N) is 1. The van der Waals surface area contributed by atoms with Crippen LogP contribution in [0, 0.1) is 0 Å². The van der Waals surface area contributed by atoms with Gasteiger partial charge < -0.3 is 25.6 Å². The molecule has 6 nitrogen and oxygen atoms in total. The summed E-state index contributed by atoms with van der Waals surface area (Å²) >= 11 is 0. The van der Waals surface area contributed by atoms with E-state index in [2.05, 4.69) is 0 Å². The zero-order valence-corrected chi connectivity index (χ0v) is 11.5. The zero-order chi connectivity index (χ0) is 14.7. The first-order valence-corrected chi connectivity index (χ1v) is 6.64. The Labute approximate surface area is 117 Å². The van der Waals surface area contributed by atoms with Crippen molar-refractivity contribution < 1.29 is 19.7 Å². The van der Waals surface area contributed by atoms with Crippen molar-refractivity contribution >= 4 is 5.91 Å². The van der Waals surface area contributed by atoms with Crippen LogP contribution < -0.4 is 5.73 Å². The highest BCUT2D eigenvalue weighted by Crippen LogP contribution is 2.25. The Kier molecular flexibility index (Phi) is 4.46. The van der Waals surface area contributed by atoms with Gasteiger partial charge in [-0.3, -0.25) is 4.79 Å². The number of hydrogen-bond acceptors (Lipinski definition) is 5. The van der Waals surface area contributed by atoms with E-state index in [0.29, 0.717) is 31.7 Å². The van der Waals surface area contributed by atoms with Gasteiger partial charge in [-0.2, -0.15) is 0 Å². The number of amides is 1. The molecule has 0 saturated carbocycles. The molecule has 6 heteroatoms. The van der Waals surface area contributed by atoms with Crippen LogP contribution >= 0.6 is 0 Å². The maximum Gasteiger partial charge on any atom is 0.239 e. The third-order valence-electron chi connectivity index (χ3n) is 3.37. The lowest BCUT2D eigenvalue weighted by Gasteiger charge is -2.32. The SMILES string of the molecule is CC1CN(C(=O)[C@@H](N)Cc2ccc(O)c(O)c2)CCO1. The van der Waals surface area contributed by atoms with E-state index in [1.807, 2.05) is 6.92 Å². The fourth-order valence-corrected chi connectivity index (χ4v) is 2.29. The quantitative estimate of drug-likeness (QED) is 0.688. The predicted octanol–water partition coefficient (Wildman–Crippen LogP) is 0.215. The van der Waals surface area contributed by atoms with E-state index in [9.17, 15) is 15.0 Å². The summed E-state index contributed by atoms with van der Waals surface area (Å²) in [5, 5.41) is 18.7. The summed E-state index contributed by atoms with van der Waals surface area (Å²) < 4.78 is 5.39. The summed E-state index contributed by atoms with van der Waals surface area (Å²) in [6.07, 6.45) is 0.343. The van der Waals surface area contributed by atoms with E-state index >= 15 is 0 Å². The molecule has 1 fully saturated rings. The molecule has 0 spiro atoms. The number of carbonyl (C=O) groups excluding carboxylic acids is 1. The molecule has 1 aliphatic heterocycles. The van der Waals surface area contributed by atoms with Gasteiger partial charge in [0.1, 0.15) is 0 Å². The van der Waals surface area contributed by atoms with Gasteiger partial charge in [-0.25, -0.2) is 0 Å². The topological polar surface area (TPSA) is 96.0 Å². The number of phenols is 2. The van der Waals surface area contributed by atoms with E-state index in [0.717, 1.165) is 0 Å². The minimum absolute atomic E-state index is 0.0256. The van der Waals surface area contributed by atoms with Crippen molar-refractivity contribution in [3.8, 4) is 11.5 Å². The molecule has 4 N–H and O–H groups in total. The Morgan fingerprint density at radius 3 is 2.90 bits per heavy atom. The number of phenolic OH excluding ortho intramolecular Hbond substituents is 2. The fraction of sp³-hybridized carbons (Fsp3) is 0.500. The molecule has 20 heavy (non-hydrogen) atoms. The fourth-order valence-electron chi connectivity index (χ4n) is 2.29. The summed E-state index contributed by atoms with van der Waals surface area (Å²) in [6, 6.07) is 3.79. The van der Waals surface area contributed by atoms with Gasteiger partial charge in [0.05, 0.1) is 18.8 Å². The Bertz CT molecular complexity index is 492. The molecule has 1 aliphatic rings. The van der Waals surface area contributed by atoms with Crippen LogP contribution in [0.3, 0.4) is 0 Å². The lowest BCUT2D eigenvalue weighted by Crippen LogP contribution is -2.51. The molecule has 1 amide bonds. The van der Waals surface area contributed by atoms with Gasteiger partial charge in [0.25, 0.3) is 0 Å². The van der Waals surface area contributed by atoms with Crippen molar-refractivity contribution in [1.29, 1.82) is 0 Å². The Balaban J connectivity index is 1.98. The number of ether oxygens (including phenoxy) is 1. The number of aromatic hydroxyl groups is 2. The highest BCUT2D eigenvalue weighted by Gasteiger charge is 2.25. The number of morpholine rings is 1. The summed E-state index contributed by atoms with van der Waals surface area (Å²) in [7, 11) is 0. The molecule has 2 atom stereocenters. The van der Waals surface area contributed by atoms with Gasteiger partial charge in [0.15, 0.2) is 11.5 Å². The van der Waals surface area contributed by atoms with E-state index in [4.69, 9.17) is 10.5 Å². The van der Waals surface area contributed by atoms with Crippen molar-refractivity contribution in [3.63, 3.8) is 0 Å². The van der Waals surface area contributed by atoms with Crippen LogP contribution in [0.15, 0.2) is 18.2 Å². The summed E-state index contributed by atoms with van der Waals surface area (Å²) in [4.78, 5) is 13.9. The molecule has 110 valence electrons. The van der Waals surface area contributed by atoms with Gasteiger partial charge >= 0.3 is 0 Å². The average molecular weight is 280 g/mol. The van der Waals surface area contributed by atoms with Gasteiger partial charge in [-0.1, -0.05) is 6.07 Å². The van der Waals surface area contributed by atoms with Crippen molar-refractivity contribution in [3.05, 3.63) is 23.8 Å². The van der Waals surface area contributed by atoms with Gasteiger partial charge in [0, 0.05) is 13.1 Å². The van der Waals surface area contributed by atoms with Gasteiger partial charge in [0.2, 0.25) is 5.91 Å². The van der Waals surface area contributed by atoms with Crippen LogP contribution in [-0.2, 0) is 16.0 Å². The minimum atomic E-state index is -0.663. The summed E-state index contributed by atoms with van der Waals surface area (Å²) in [5.74, 6) is -0.509. The molecule has 0 bridgehead atoms. The smallest absolute Gasteiger partial charge is 0.239 e. The predicted molar refractivity (Wildman–Crippen MR) is 73.4 cm³/mol. The average Bonchev–Trinajstić information content (AvgIpc) is 2.42. The maximum atomic E-state index is 12.2. The highest BCUT2D eigenvalue weighted by molar-refractivity contribution is 5.82. The normalized spacial score (nSPS) is 20.7. The lowest BCUT2D eigenvalue weighted by atomic mass is 10.0. The van der Waals surface area contributed by atoms with E-state index < -0.39 is 6.04 Å². The van der Waals surface area contributed by atoms with E-state index in [-0.39, 0.29) is 23.5 Å². The second-order valence-electron chi connectivity index (χ2n) is 5.10. The van der Waals surface area contributed by atoms with Crippen LogP contribution in [0.25, 0.3) is 0 Å². The Morgan fingerprint density at radius 1 is 1.50 bits per heavy atom. The zero-order valence-electron chi connectivity index (χ0n) is 11.5. The lowest BCUT2D eigenvalue weighted by molar-refractivity contribution is -0.139. The van der Waals surface area contributed by atoms with Gasteiger partial charge in [-0.15, -0.1) is 0 Å². The van der Waals surface area contributed by atoms with Crippen LogP contribution in [0.5, 0.6) is 11.5 Å². The first kappa shape index (κ1) is 14.6. The molecule has 0 aliphatic carbocycles. The molecule has 2 rings (SSSR count). The first-order chi connectivity index (χ1) is 9.47. The number of hydrogen-bond donors (Lipinski definition) is 3. The third-order valence-corrected chi connectivity index (χ3v) is 3.37. The second kappa shape index (κ2) is 6.11. The number of benzene rings is 1. The standard InChI is InChI=1S/C14H20N2O4/c1-9-8-16(4-5-20-9)14(19)11(15)6-10-2-3-12(17)13(18)7-10/h2-3,7,9,11,17-18H,4-6,8,15H2,1H3/t9?,11-/m0/s1. The Morgan fingerprint density at radius 2 is 2.25 bits per heavy atom. The van der Waals surface area contributed by atoms with Crippen LogP contribution in [0.1, 0.15) is 12.5 Å². The first-order valence-electron chi connectivity index (χ1n) is 6.64. The number of nitrogens with zero attached hydrogens (tertiary/aromatic N) is 1. The highest BCUT2D eigenvalue weighted by atomic mass is 16.5. The molecule has 1 heterocycles. The van der Waals surface area contributed by atoms with Crippen LogP contribution in [0.4, 0.5) is 0 Å². The number of rotatable bonds is 3. The Hall–Kier alpha value is -1.79. The molecular formula is C14H20N2O4. The molecule has 1 aromatic carbocycles. The van der Waals surface area contributed by atoms with Crippen LogP contribution in [0.2, 0.25) is 0 Å². The molecule has 1 unspecified atom stereocenters. The molecule has 0 radical (unpaired) electrons. The van der Waals surface area contributed by atoms with E-state index in [1.165, 1.54) is 12.1 Å². The summed E-state index contributed by atoms with van der Waals surface area (Å²) in [5.41, 5.74) is 6.65. The van der Waals surface area contributed by atoms with Crippen LogP contribution in [-0.4, -0.2) is 52.9 Å². The van der Waals surface area contributed by atoms with Crippen molar-refractivity contribution in [2.45, 2.75) is 25.5 Å². The second-order valence-corrected chi connectivity index (χ2v) is 5.10. The van der Waals surface area contributed by atoms with E-state index in [1.54, 1.807) is 11.0 Å². The van der Waals surface area contributed by atoms with Crippen molar-refractivity contribution in [2.75, 3.05) is 19.7 Å². The minimum Gasteiger partial charge on any atom is -0.504 e. The maximum absolute atomic E-state index is 12.2. The molecule has 1 saturated heterocycles. The molecule has 1 aromatic rings. The number of carbonyl (C=O) groups is 1. The molecular weight excluding hydrogens is 260 g/mol. The van der Waals surface area contributed by atoms with Crippen molar-refractivity contribution in [1.82, 2.24) is 4.90 Å². The van der Waals surface area contributed by atoms with Gasteiger partial charge in [-0.05, 0) is 31.0 Å². The van der Waals surface area contributed by atoms with Crippen molar-refractivity contribution in [2.24, 2.45) is 5.73 Å². The molecule has 0 aromatic heterocycles. The summed E-state index contributed by atoms with van der Waals surface area (Å²) in [6.45, 7) is 3.55. The third kappa shape index (κ3) is 3.40. The largest absolute Gasteiger partial charge is 0.504 e.